The highest BCUT2D eigenvalue weighted by molar-refractivity contribution is 6.07. The highest BCUT2D eigenvalue weighted by Gasteiger charge is 2.14. The first kappa shape index (κ1) is 17.9. The normalized spacial score (nSPS) is 11.1. The lowest BCUT2D eigenvalue weighted by Crippen LogP contribution is -2.00. The van der Waals surface area contributed by atoms with Gasteiger partial charge in [0.1, 0.15) is 0 Å². The van der Waals surface area contributed by atoms with Gasteiger partial charge in [0.25, 0.3) is 5.69 Å². The fraction of sp³-hybridized carbons (Fsp3) is 0.0400. The molecule has 5 heteroatoms. The van der Waals surface area contributed by atoms with Gasteiger partial charge < -0.3 is 0 Å². The Morgan fingerprint density at radius 3 is 2.27 bits per heavy atom. The van der Waals surface area contributed by atoms with E-state index in [1.54, 1.807) is 12.1 Å². The maximum absolute atomic E-state index is 11.0. The molecule has 0 N–H and O–H groups in total. The topological polar surface area (TPSA) is 68.9 Å². The van der Waals surface area contributed by atoms with Crippen LogP contribution in [0.15, 0.2) is 91.0 Å². The molecule has 0 aliphatic heterocycles. The van der Waals surface area contributed by atoms with E-state index in [1.807, 2.05) is 36.4 Å². The number of non-ortho nitro benzene ring substituents is 1. The molecular formula is C25H17N3O2. The lowest BCUT2D eigenvalue weighted by Gasteiger charge is -2.12. The van der Waals surface area contributed by atoms with E-state index in [1.165, 1.54) is 17.7 Å². The second-order valence-corrected chi connectivity index (χ2v) is 7.14. The van der Waals surface area contributed by atoms with E-state index < -0.39 is 4.92 Å². The minimum atomic E-state index is -0.405. The molecule has 1 heterocycles. The van der Waals surface area contributed by atoms with Crippen molar-refractivity contribution in [2.24, 2.45) is 0 Å². The number of nitrogens with zero attached hydrogens (tertiary/aromatic N) is 3. The molecule has 0 saturated heterocycles. The summed E-state index contributed by atoms with van der Waals surface area (Å²) in [4.78, 5) is 20.3. The van der Waals surface area contributed by atoms with Gasteiger partial charge in [-0.3, -0.25) is 10.1 Å². The molecule has 0 radical (unpaired) electrons. The molecule has 0 saturated carbocycles. The highest BCUT2D eigenvalue weighted by Crippen LogP contribution is 2.30. The molecule has 0 aliphatic rings. The van der Waals surface area contributed by atoms with Crippen molar-refractivity contribution in [2.75, 3.05) is 0 Å². The second-order valence-electron chi connectivity index (χ2n) is 7.14. The van der Waals surface area contributed by atoms with Gasteiger partial charge in [0.15, 0.2) is 5.82 Å². The second kappa shape index (κ2) is 7.37. The van der Waals surface area contributed by atoms with Crippen LogP contribution in [0.1, 0.15) is 11.3 Å². The monoisotopic (exact) mass is 391 g/mol. The number of rotatable bonds is 4. The zero-order valence-electron chi connectivity index (χ0n) is 16.0. The summed E-state index contributed by atoms with van der Waals surface area (Å²) >= 11 is 0. The first-order chi connectivity index (χ1) is 14.7. The van der Waals surface area contributed by atoms with Gasteiger partial charge in [-0.05, 0) is 34.5 Å². The van der Waals surface area contributed by atoms with Crippen molar-refractivity contribution in [1.29, 1.82) is 0 Å². The Morgan fingerprint density at radius 2 is 1.50 bits per heavy atom. The van der Waals surface area contributed by atoms with Crippen LogP contribution in [0.5, 0.6) is 0 Å². The maximum Gasteiger partial charge on any atom is 0.269 e. The summed E-state index contributed by atoms with van der Waals surface area (Å²) in [6.07, 6.45) is 0.674. The molecule has 0 amide bonds. The van der Waals surface area contributed by atoms with Crippen LogP contribution in [0.4, 0.5) is 5.69 Å². The standard InChI is InChI=1S/C25H17N3O2/c29-28(30)20-13-10-19(11-14-20)25-26-22-15-12-18-8-4-5-9-21(18)24(22)23(27-25)16-17-6-2-1-3-7-17/h1-15H,16H2. The number of nitro benzene ring substituents is 1. The highest BCUT2D eigenvalue weighted by atomic mass is 16.6. The van der Waals surface area contributed by atoms with Gasteiger partial charge in [0.2, 0.25) is 0 Å². The lowest BCUT2D eigenvalue weighted by atomic mass is 10.00. The SMILES string of the molecule is O=[N+]([O-])c1ccc(-c2nc(Cc3ccccc3)c3c(ccc4ccccc43)n2)cc1. The predicted octanol–water partition coefficient (Wildman–Crippen LogP) is 5.95. The van der Waals surface area contributed by atoms with Crippen LogP contribution >= 0.6 is 0 Å². The van der Waals surface area contributed by atoms with E-state index >= 15 is 0 Å². The predicted molar refractivity (Wildman–Crippen MR) is 118 cm³/mol. The number of fused-ring (bicyclic) bond motifs is 3. The molecule has 1 aromatic heterocycles. The summed E-state index contributed by atoms with van der Waals surface area (Å²) in [5.41, 5.74) is 3.78. The zero-order chi connectivity index (χ0) is 20.5. The fourth-order valence-corrected chi connectivity index (χ4v) is 3.76. The smallest absolute Gasteiger partial charge is 0.258 e. The minimum absolute atomic E-state index is 0.0510. The van der Waals surface area contributed by atoms with Crippen molar-refractivity contribution in [3.05, 3.63) is 112 Å². The van der Waals surface area contributed by atoms with Crippen LogP contribution in [0.2, 0.25) is 0 Å². The van der Waals surface area contributed by atoms with Crippen molar-refractivity contribution in [3.63, 3.8) is 0 Å². The zero-order valence-corrected chi connectivity index (χ0v) is 16.0. The summed E-state index contributed by atoms with van der Waals surface area (Å²) < 4.78 is 0. The van der Waals surface area contributed by atoms with Crippen molar-refractivity contribution in [1.82, 2.24) is 9.97 Å². The third-order valence-electron chi connectivity index (χ3n) is 5.21. The van der Waals surface area contributed by atoms with Gasteiger partial charge in [0.05, 0.1) is 16.1 Å². The van der Waals surface area contributed by atoms with Crippen molar-refractivity contribution < 1.29 is 4.92 Å². The van der Waals surface area contributed by atoms with E-state index in [4.69, 9.17) is 9.97 Å². The number of benzene rings is 4. The van der Waals surface area contributed by atoms with Gasteiger partial charge in [-0.25, -0.2) is 9.97 Å². The molecule has 5 aromatic rings. The molecule has 0 aliphatic carbocycles. The molecule has 4 aromatic carbocycles. The fourth-order valence-electron chi connectivity index (χ4n) is 3.76. The van der Waals surface area contributed by atoms with E-state index in [-0.39, 0.29) is 5.69 Å². The summed E-state index contributed by atoms with van der Waals surface area (Å²) in [7, 11) is 0. The molecule has 144 valence electrons. The molecule has 0 fully saturated rings. The lowest BCUT2D eigenvalue weighted by molar-refractivity contribution is -0.384. The largest absolute Gasteiger partial charge is 0.269 e. The van der Waals surface area contributed by atoms with Crippen LogP contribution in [0.25, 0.3) is 33.1 Å². The van der Waals surface area contributed by atoms with Gasteiger partial charge in [0, 0.05) is 29.5 Å². The molecule has 0 spiro atoms. The molecular weight excluding hydrogens is 374 g/mol. The third kappa shape index (κ3) is 3.26. The Kier molecular flexibility index (Phi) is 4.41. The van der Waals surface area contributed by atoms with E-state index in [2.05, 4.69) is 30.3 Å². The minimum Gasteiger partial charge on any atom is -0.258 e. The number of hydrogen-bond donors (Lipinski definition) is 0. The van der Waals surface area contributed by atoms with Crippen LogP contribution in [0.3, 0.4) is 0 Å². The maximum atomic E-state index is 11.0. The number of nitro groups is 1. The average molecular weight is 391 g/mol. The van der Waals surface area contributed by atoms with E-state index in [0.29, 0.717) is 12.2 Å². The van der Waals surface area contributed by atoms with Gasteiger partial charge in [-0.2, -0.15) is 0 Å². The van der Waals surface area contributed by atoms with Crippen molar-refractivity contribution in [2.45, 2.75) is 6.42 Å². The van der Waals surface area contributed by atoms with Crippen LogP contribution in [-0.2, 0) is 6.42 Å². The quantitative estimate of drug-likeness (QED) is 0.216. The van der Waals surface area contributed by atoms with Gasteiger partial charge in [-0.1, -0.05) is 60.7 Å². The summed E-state index contributed by atoms with van der Waals surface area (Å²) in [6.45, 7) is 0. The Bertz CT molecular complexity index is 1380. The van der Waals surface area contributed by atoms with E-state index in [0.717, 1.165) is 32.9 Å². The summed E-state index contributed by atoms with van der Waals surface area (Å²) in [5.74, 6) is 0.568. The van der Waals surface area contributed by atoms with E-state index in [9.17, 15) is 10.1 Å². The van der Waals surface area contributed by atoms with Crippen LogP contribution in [-0.4, -0.2) is 14.9 Å². The number of aromatic nitrogens is 2. The molecule has 0 unspecified atom stereocenters. The molecule has 5 rings (SSSR count). The number of hydrogen-bond acceptors (Lipinski definition) is 4. The van der Waals surface area contributed by atoms with Crippen LogP contribution in [0, 0.1) is 10.1 Å². The molecule has 30 heavy (non-hydrogen) atoms. The average Bonchev–Trinajstić information content (AvgIpc) is 2.79. The van der Waals surface area contributed by atoms with Gasteiger partial charge >= 0.3 is 0 Å². The Hall–Kier alpha value is -4.12. The summed E-state index contributed by atoms with van der Waals surface area (Å²) in [6, 6.07) is 28.9. The molecule has 0 atom stereocenters. The Morgan fingerprint density at radius 1 is 0.767 bits per heavy atom. The third-order valence-corrected chi connectivity index (χ3v) is 5.21. The Labute approximate surface area is 172 Å². The molecule has 0 bridgehead atoms. The first-order valence-electron chi connectivity index (χ1n) is 9.66. The van der Waals surface area contributed by atoms with Gasteiger partial charge in [-0.15, -0.1) is 0 Å². The summed E-state index contributed by atoms with van der Waals surface area (Å²) in [5, 5.41) is 14.3. The van der Waals surface area contributed by atoms with Crippen molar-refractivity contribution >= 4 is 27.4 Å². The Balaban J connectivity index is 1.73. The first-order valence-corrected chi connectivity index (χ1v) is 9.66. The molecule has 5 nitrogen and oxygen atoms in total. The van der Waals surface area contributed by atoms with Crippen LogP contribution < -0.4 is 0 Å². The van der Waals surface area contributed by atoms with Crippen molar-refractivity contribution in [3.8, 4) is 11.4 Å².